The maximum atomic E-state index is 5.70. The summed E-state index contributed by atoms with van der Waals surface area (Å²) in [5.74, 6) is 0.973. The molecule has 0 saturated carbocycles. The number of benzene rings is 2. The third kappa shape index (κ3) is 3.60. The van der Waals surface area contributed by atoms with E-state index in [9.17, 15) is 0 Å². The van der Waals surface area contributed by atoms with Crippen molar-refractivity contribution in [3.05, 3.63) is 65.2 Å². The Morgan fingerprint density at radius 2 is 1.74 bits per heavy atom. The van der Waals surface area contributed by atoms with E-state index in [-0.39, 0.29) is 4.83 Å². The highest BCUT2D eigenvalue weighted by Gasteiger charge is 2.14. The normalized spacial score (nSPS) is 12.2. The van der Waals surface area contributed by atoms with Crippen molar-refractivity contribution in [2.45, 2.75) is 25.1 Å². The van der Waals surface area contributed by atoms with Crippen LogP contribution in [0.25, 0.3) is 0 Å². The Morgan fingerprint density at radius 1 is 1.05 bits per heavy atom. The second-order valence-electron chi connectivity index (χ2n) is 4.57. The van der Waals surface area contributed by atoms with Crippen LogP contribution in [0.3, 0.4) is 0 Å². The number of hydrogen-bond acceptors (Lipinski definition) is 1. The molecule has 19 heavy (non-hydrogen) atoms. The SMILES string of the molecule is CCOc1ccccc1C(Br)Cc1ccccc1C. The summed E-state index contributed by atoms with van der Waals surface area (Å²) >= 11 is 3.80. The molecular weight excluding hydrogens is 300 g/mol. The van der Waals surface area contributed by atoms with E-state index in [0.717, 1.165) is 12.2 Å². The van der Waals surface area contributed by atoms with Gasteiger partial charge in [-0.2, -0.15) is 0 Å². The summed E-state index contributed by atoms with van der Waals surface area (Å²) in [6, 6.07) is 16.8. The van der Waals surface area contributed by atoms with Crippen molar-refractivity contribution >= 4 is 15.9 Å². The first-order valence-corrected chi connectivity index (χ1v) is 7.54. The molecule has 0 saturated heterocycles. The van der Waals surface area contributed by atoms with Crippen molar-refractivity contribution < 1.29 is 4.74 Å². The average molecular weight is 319 g/mol. The molecule has 0 aliphatic carbocycles. The van der Waals surface area contributed by atoms with Gasteiger partial charge in [-0.3, -0.25) is 0 Å². The molecular formula is C17H19BrO. The minimum atomic E-state index is 0.274. The van der Waals surface area contributed by atoms with Gasteiger partial charge in [0, 0.05) is 10.4 Å². The zero-order valence-electron chi connectivity index (χ0n) is 11.4. The predicted octanol–water partition coefficient (Wildman–Crippen LogP) is 5.07. The Morgan fingerprint density at radius 3 is 2.47 bits per heavy atom. The smallest absolute Gasteiger partial charge is 0.123 e. The number of alkyl halides is 1. The van der Waals surface area contributed by atoms with Gasteiger partial charge in [0.2, 0.25) is 0 Å². The van der Waals surface area contributed by atoms with Crippen LogP contribution >= 0.6 is 15.9 Å². The van der Waals surface area contributed by atoms with Crippen molar-refractivity contribution in [3.8, 4) is 5.75 Å². The van der Waals surface area contributed by atoms with Crippen molar-refractivity contribution in [1.29, 1.82) is 0 Å². The fraction of sp³-hybridized carbons (Fsp3) is 0.294. The lowest BCUT2D eigenvalue weighted by Gasteiger charge is -2.16. The fourth-order valence-corrected chi connectivity index (χ4v) is 2.90. The summed E-state index contributed by atoms with van der Waals surface area (Å²) in [4.78, 5) is 0.274. The number of ether oxygens (including phenoxy) is 1. The van der Waals surface area contributed by atoms with Gasteiger partial charge < -0.3 is 4.74 Å². The number of rotatable bonds is 5. The molecule has 2 aromatic carbocycles. The number of aryl methyl sites for hydroxylation is 1. The topological polar surface area (TPSA) is 9.23 Å². The molecule has 2 heteroatoms. The molecule has 0 N–H and O–H groups in total. The Balaban J connectivity index is 2.20. The van der Waals surface area contributed by atoms with E-state index in [0.29, 0.717) is 6.61 Å². The molecule has 0 amide bonds. The first-order chi connectivity index (χ1) is 9.22. The maximum Gasteiger partial charge on any atom is 0.123 e. The maximum absolute atomic E-state index is 5.70. The van der Waals surface area contributed by atoms with E-state index in [1.165, 1.54) is 16.7 Å². The predicted molar refractivity (Wildman–Crippen MR) is 84.2 cm³/mol. The first kappa shape index (κ1) is 14.1. The highest BCUT2D eigenvalue weighted by Crippen LogP contribution is 2.34. The molecule has 0 heterocycles. The molecule has 0 aliphatic rings. The summed E-state index contributed by atoms with van der Waals surface area (Å²) in [7, 11) is 0. The molecule has 100 valence electrons. The molecule has 0 bridgehead atoms. The third-order valence-corrected chi connectivity index (χ3v) is 4.03. The van der Waals surface area contributed by atoms with E-state index >= 15 is 0 Å². The van der Waals surface area contributed by atoms with Crippen LogP contribution in [0.1, 0.15) is 28.4 Å². The van der Waals surface area contributed by atoms with E-state index < -0.39 is 0 Å². The second kappa shape index (κ2) is 6.76. The van der Waals surface area contributed by atoms with Crippen LogP contribution in [-0.4, -0.2) is 6.61 Å². The first-order valence-electron chi connectivity index (χ1n) is 6.62. The minimum Gasteiger partial charge on any atom is -0.494 e. The van der Waals surface area contributed by atoms with Gasteiger partial charge in [0.05, 0.1) is 6.61 Å². The number of para-hydroxylation sites is 1. The van der Waals surface area contributed by atoms with E-state index in [1.807, 2.05) is 19.1 Å². The quantitative estimate of drug-likeness (QED) is 0.699. The zero-order valence-corrected chi connectivity index (χ0v) is 13.0. The summed E-state index contributed by atoms with van der Waals surface area (Å²) in [5, 5.41) is 0. The lowest BCUT2D eigenvalue weighted by molar-refractivity contribution is 0.336. The number of halogens is 1. The van der Waals surface area contributed by atoms with Crippen molar-refractivity contribution in [2.24, 2.45) is 0 Å². The minimum absolute atomic E-state index is 0.274. The van der Waals surface area contributed by atoms with Gasteiger partial charge in [-0.05, 0) is 37.5 Å². The molecule has 2 aromatic rings. The van der Waals surface area contributed by atoms with Crippen LogP contribution < -0.4 is 4.74 Å². The molecule has 0 radical (unpaired) electrons. The molecule has 0 aromatic heterocycles. The van der Waals surface area contributed by atoms with Crippen LogP contribution in [0, 0.1) is 6.92 Å². The monoisotopic (exact) mass is 318 g/mol. The van der Waals surface area contributed by atoms with Crippen LogP contribution in [-0.2, 0) is 6.42 Å². The highest BCUT2D eigenvalue weighted by molar-refractivity contribution is 9.09. The molecule has 1 atom stereocenters. The Labute approximate surface area is 123 Å². The van der Waals surface area contributed by atoms with Gasteiger partial charge in [0.15, 0.2) is 0 Å². The summed E-state index contributed by atoms with van der Waals surface area (Å²) in [6.07, 6.45) is 0.969. The highest BCUT2D eigenvalue weighted by atomic mass is 79.9. The molecule has 1 nitrogen and oxygen atoms in total. The standard InChI is InChI=1S/C17H19BrO/c1-3-19-17-11-7-6-10-15(17)16(18)12-14-9-5-4-8-13(14)2/h4-11,16H,3,12H2,1-2H3. The Kier molecular flexibility index (Phi) is 5.03. The van der Waals surface area contributed by atoms with Gasteiger partial charge in [-0.1, -0.05) is 58.4 Å². The summed E-state index contributed by atoms with van der Waals surface area (Å²) < 4.78 is 5.70. The van der Waals surface area contributed by atoms with E-state index in [2.05, 4.69) is 59.3 Å². The molecule has 2 rings (SSSR count). The fourth-order valence-electron chi connectivity index (χ4n) is 2.17. The van der Waals surface area contributed by atoms with Crippen molar-refractivity contribution in [3.63, 3.8) is 0 Å². The van der Waals surface area contributed by atoms with Gasteiger partial charge in [-0.15, -0.1) is 0 Å². The summed E-state index contributed by atoms with van der Waals surface area (Å²) in [5.41, 5.74) is 3.92. The van der Waals surface area contributed by atoms with Gasteiger partial charge in [0.1, 0.15) is 5.75 Å². The molecule has 1 unspecified atom stereocenters. The summed E-state index contributed by atoms with van der Waals surface area (Å²) in [6.45, 7) is 4.87. The lowest BCUT2D eigenvalue weighted by Crippen LogP contribution is -2.01. The van der Waals surface area contributed by atoms with Crippen LogP contribution in [0.15, 0.2) is 48.5 Å². The van der Waals surface area contributed by atoms with Gasteiger partial charge in [0.25, 0.3) is 0 Å². The van der Waals surface area contributed by atoms with Crippen LogP contribution in [0.4, 0.5) is 0 Å². The Bertz CT molecular complexity index is 536. The molecule has 0 spiro atoms. The molecule has 0 aliphatic heterocycles. The van der Waals surface area contributed by atoms with Crippen LogP contribution in [0.2, 0.25) is 0 Å². The largest absolute Gasteiger partial charge is 0.494 e. The van der Waals surface area contributed by atoms with Gasteiger partial charge in [-0.25, -0.2) is 0 Å². The zero-order chi connectivity index (χ0) is 13.7. The Hall–Kier alpha value is -1.28. The van der Waals surface area contributed by atoms with Gasteiger partial charge >= 0.3 is 0 Å². The third-order valence-electron chi connectivity index (χ3n) is 3.22. The van der Waals surface area contributed by atoms with E-state index in [4.69, 9.17) is 4.74 Å². The molecule has 0 fully saturated rings. The lowest BCUT2D eigenvalue weighted by atomic mass is 10.00. The second-order valence-corrected chi connectivity index (χ2v) is 5.67. The van der Waals surface area contributed by atoms with E-state index in [1.54, 1.807) is 0 Å². The van der Waals surface area contributed by atoms with Crippen LogP contribution in [0.5, 0.6) is 5.75 Å². The van der Waals surface area contributed by atoms with Crippen molar-refractivity contribution in [2.75, 3.05) is 6.61 Å². The average Bonchev–Trinajstić information content (AvgIpc) is 2.42. The van der Waals surface area contributed by atoms with Crippen molar-refractivity contribution in [1.82, 2.24) is 0 Å². The number of hydrogen-bond donors (Lipinski definition) is 0.